The van der Waals surface area contributed by atoms with Gasteiger partial charge in [0.1, 0.15) is 41.8 Å². The largest absolute Gasteiger partial charge is 0.508 e. The third-order valence-electron chi connectivity index (χ3n) is 14.4. The van der Waals surface area contributed by atoms with Crippen LogP contribution in [0.5, 0.6) is 11.5 Å². The number of carboxylic acid groups (broad SMARTS) is 1. The first-order chi connectivity index (χ1) is 36.8. The zero-order valence-electron chi connectivity index (χ0n) is 45.1. The predicted molar refractivity (Wildman–Crippen MR) is 298 cm³/mol. The van der Waals surface area contributed by atoms with Gasteiger partial charge in [-0.3, -0.25) is 24.5 Å². The van der Waals surface area contributed by atoms with Gasteiger partial charge in [0.25, 0.3) is 5.91 Å². The van der Waals surface area contributed by atoms with E-state index in [0.717, 1.165) is 67.1 Å². The van der Waals surface area contributed by atoms with E-state index in [-0.39, 0.29) is 80.9 Å². The van der Waals surface area contributed by atoms with Gasteiger partial charge in [-0.1, -0.05) is 72.8 Å². The van der Waals surface area contributed by atoms with Crippen molar-refractivity contribution >= 4 is 47.7 Å². The van der Waals surface area contributed by atoms with Gasteiger partial charge < -0.3 is 51.2 Å². The molecule has 1 heterocycles. The molecular formula is C59H72N8O9S. The number of alkyl carbamates (subject to hydrolysis) is 1. The van der Waals surface area contributed by atoms with Crippen molar-refractivity contribution in [2.24, 2.45) is 0 Å². The second-order valence-electron chi connectivity index (χ2n) is 20.5. The molecule has 7 rings (SSSR count). The number of hydrogen-bond donors (Lipinski definition) is 9. The van der Waals surface area contributed by atoms with Crippen molar-refractivity contribution in [3.8, 4) is 22.6 Å². The minimum atomic E-state index is -1.36. The lowest BCUT2D eigenvalue weighted by molar-refractivity contribution is -0.145. The number of nitrogens with zero attached hydrogens (tertiary/aromatic N) is 1. The third kappa shape index (κ3) is 14.1. The highest BCUT2D eigenvalue weighted by Gasteiger charge is 2.37. The number of phenolic OH excluding ortho intramolecular Hbond substituents is 1. The van der Waals surface area contributed by atoms with Crippen LogP contribution in [0, 0.1) is 33.1 Å². The molecule has 5 aromatic rings. The minimum Gasteiger partial charge on any atom is -0.508 e. The lowest BCUT2D eigenvalue weighted by Crippen LogP contribution is -2.57. The Kier molecular flexibility index (Phi) is 18.9. The molecule has 5 aromatic carbocycles. The molecule has 0 bridgehead atoms. The first kappa shape index (κ1) is 57.1. The predicted octanol–water partition coefficient (Wildman–Crippen LogP) is 7.72. The molecule has 1 aliphatic carbocycles. The number of nitrogens with one attached hydrogen (secondary N) is 7. The summed E-state index contributed by atoms with van der Waals surface area (Å²) in [6.07, 6.45) is 0.347. The van der Waals surface area contributed by atoms with E-state index < -0.39 is 42.0 Å². The molecule has 408 valence electrons. The van der Waals surface area contributed by atoms with Gasteiger partial charge in [0.15, 0.2) is 5.96 Å². The molecule has 3 unspecified atom stereocenters. The van der Waals surface area contributed by atoms with Crippen LogP contribution in [0.2, 0.25) is 0 Å². The van der Waals surface area contributed by atoms with Gasteiger partial charge >= 0.3 is 12.1 Å². The first-order valence-corrected chi connectivity index (χ1v) is 26.9. The van der Waals surface area contributed by atoms with Crippen LogP contribution in [0.15, 0.2) is 95.9 Å². The van der Waals surface area contributed by atoms with Crippen molar-refractivity contribution in [2.75, 3.05) is 33.8 Å². The van der Waals surface area contributed by atoms with E-state index in [1.807, 2.05) is 81.6 Å². The van der Waals surface area contributed by atoms with Crippen molar-refractivity contribution in [3.05, 3.63) is 147 Å². The van der Waals surface area contributed by atoms with E-state index in [1.165, 1.54) is 30.0 Å². The number of amides is 4. The summed E-state index contributed by atoms with van der Waals surface area (Å²) >= 11 is 1.33. The van der Waals surface area contributed by atoms with Gasteiger partial charge in [-0.15, -0.1) is 0 Å². The maximum atomic E-state index is 14.8. The van der Waals surface area contributed by atoms with Crippen LogP contribution in [0.3, 0.4) is 0 Å². The summed E-state index contributed by atoms with van der Waals surface area (Å²) < 4.78 is 15.2. The van der Waals surface area contributed by atoms with Crippen LogP contribution in [-0.2, 0) is 38.5 Å². The van der Waals surface area contributed by atoms with Gasteiger partial charge in [-0.25, -0.2) is 9.59 Å². The number of carbonyl (C=O) groups excluding carboxylic acids is 4. The monoisotopic (exact) mass is 1070 g/mol. The molecule has 3 atom stereocenters. The van der Waals surface area contributed by atoms with Gasteiger partial charge in [0, 0.05) is 61.5 Å². The minimum absolute atomic E-state index is 0.00726. The number of hydrogen-bond acceptors (Lipinski definition) is 11. The van der Waals surface area contributed by atoms with Crippen LogP contribution in [0.1, 0.15) is 106 Å². The highest BCUT2D eigenvalue weighted by atomic mass is 32.2. The summed E-state index contributed by atoms with van der Waals surface area (Å²) in [7, 11) is 3.25. The van der Waals surface area contributed by atoms with Crippen molar-refractivity contribution in [2.45, 2.75) is 121 Å². The fourth-order valence-electron chi connectivity index (χ4n) is 10.1. The van der Waals surface area contributed by atoms with Crippen molar-refractivity contribution in [1.82, 2.24) is 36.2 Å². The number of aliphatic carboxylic acids is 1. The second kappa shape index (κ2) is 25.5. The summed E-state index contributed by atoms with van der Waals surface area (Å²) in [4.78, 5) is 71.2. The topological polar surface area (TPSA) is 244 Å². The zero-order valence-corrected chi connectivity index (χ0v) is 46.0. The molecule has 18 heteroatoms. The zero-order chi connectivity index (χ0) is 55.6. The Morgan fingerprint density at radius 1 is 0.818 bits per heavy atom. The Balaban J connectivity index is 1.03. The number of rotatable bonds is 23. The molecule has 0 radical (unpaired) electrons. The number of fused-ring (bicyclic) bond motifs is 4. The number of aryl methyl sites for hydroxylation is 1. The number of ether oxygens (including phenoxy) is 2. The third-order valence-corrected chi connectivity index (χ3v) is 15.5. The maximum Gasteiger partial charge on any atom is 0.407 e. The van der Waals surface area contributed by atoms with E-state index in [4.69, 9.17) is 14.9 Å². The Hall–Kier alpha value is -7.57. The van der Waals surface area contributed by atoms with Crippen LogP contribution in [0.4, 0.5) is 4.79 Å². The van der Waals surface area contributed by atoms with Crippen LogP contribution >= 0.6 is 11.9 Å². The molecule has 0 aromatic heterocycles. The highest BCUT2D eigenvalue weighted by Crippen LogP contribution is 2.46. The van der Waals surface area contributed by atoms with Crippen LogP contribution < -0.4 is 36.0 Å². The molecule has 0 saturated carbocycles. The number of aromatic hydroxyl groups is 1. The van der Waals surface area contributed by atoms with Crippen molar-refractivity contribution in [1.29, 1.82) is 5.41 Å². The standard InChI is InChI=1S/C59H72N8O9S/c1-34-29-39(23-26-50(34)68)30-48(65-58(74)75-33-46-43-17-11-9-15-41(43)42-16-10-12-18-44(42)46)55(71)67(8)49(20-14-27-62-53(69)40-24-21-38(22-25-40)32-61-7)54(70)64-47(56(72)73)19-13-28-63-57(60)66-77-52-36(3)35(2)51-45(37(52)4)31-59(5,6)76-51/h9-12,15-18,21-26,29,46-49,61,68H,13-14,19-20,27-28,30-33H2,1-8H3,(H,62,69)(H,64,70)(H,65,74)(H,72,73)(H3,60,63,66). The lowest BCUT2D eigenvalue weighted by Gasteiger charge is -2.32. The number of carboxylic acids is 1. The lowest BCUT2D eigenvalue weighted by atomic mass is 9.94. The molecule has 0 fully saturated rings. The Bertz CT molecular complexity index is 2960. The molecule has 0 spiro atoms. The molecule has 0 saturated heterocycles. The van der Waals surface area contributed by atoms with Crippen LogP contribution in [-0.4, -0.2) is 108 Å². The quantitative estimate of drug-likeness (QED) is 0.0132. The number of phenols is 1. The highest BCUT2D eigenvalue weighted by molar-refractivity contribution is 7.98. The summed E-state index contributed by atoms with van der Waals surface area (Å²) in [6.45, 7) is 12.9. The molecule has 77 heavy (non-hydrogen) atoms. The second-order valence-corrected chi connectivity index (χ2v) is 21.4. The number of guanidine groups is 1. The average molecular weight is 1070 g/mol. The van der Waals surface area contributed by atoms with Crippen molar-refractivity contribution in [3.63, 3.8) is 0 Å². The van der Waals surface area contributed by atoms with E-state index in [1.54, 1.807) is 31.2 Å². The fourth-order valence-corrected chi connectivity index (χ4v) is 11.0. The van der Waals surface area contributed by atoms with Crippen molar-refractivity contribution < 1.29 is 43.7 Å². The van der Waals surface area contributed by atoms with E-state index in [0.29, 0.717) is 23.2 Å². The molecule has 1 aliphatic heterocycles. The number of benzene rings is 5. The molecule has 2 aliphatic rings. The summed E-state index contributed by atoms with van der Waals surface area (Å²) in [5.74, 6) is -2.27. The van der Waals surface area contributed by atoms with E-state index >= 15 is 0 Å². The fraction of sp³-hybridized carbons (Fsp3) is 0.390. The average Bonchev–Trinajstić information content (AvgIpc) is 3.97. The maximum absolute atomic E-state index is 14.8. The van der Waals surface area contributed by atoms with E-state index in [9.17, 15) is 34.2 Å². The first-order valence-electron chi connectivity index (χ1n) is 26.0. The summed E-state index contributed by atoms with van der Waals surface area (Å²) in [5.41, 5.74) is 10.8. The molecule has 9 N–H and O–H groups in total. The summed E-state index contributed by atoms with van der Waals surface area (Å²) in [5, 5.41) is 43.7. The Labute approximate surface area is 455 Å². The van der Waals surface area contributed by atoms with E-state index in [2.05, 4.69) is 52.1 Å². The van der Waals surface area contributed by atoms with Gasteiger partial charge in [0.05, 0.1) is 0 Å². The number of likely N-dealkylation sites (N-methyl/N-ethyl adjacent to an activating group) is 1. The smallest absolute Gasteiger partial charge is 0.407 e. The molecule has 4 amide bonds. The summed E-state index contributed by atoms with van der Waals surface area (Å²) in [6, 6.07) is 23.9. The van der Waals surface area contributed by atoms with Gasteiger partial charge in [-0.05, 0) is 160 Å². The SMILES string of the molecule is CNCc1ccc(C(=O)NCCCC(C(=O)NC(CCCNC(=N)NSc2c(C)c(C)c3c(c2C)CC(C)(C)O3)C(=O)O)N(C)C(=O)C(Cc2ccc(O)c(C)c2)NC(=O)OCC2c3ccccc3-c3ccccc32)cc1. The normalized spacial score (nSPS) is 14.1. The van der Waals surface area contributed by atoms with Crippen LogP contribution in [0.25, 0.3) is 11.1 Å². The van der Waals surface area contributed by atoms with Gasteiger partial charge in [0.2, 0.25) is 11.8 Å². The molecular weight excluding hydrogens is 997 g/mol. The van der Waals surface area contributed by atoms with Gasteiger partial charge in [-0.2, -0.15) is 0 Å². The Morgan fingerprint density at radius 2 is 1.45 bits per heavy atom. The number of carbonyl (C=O) groups is 5. The Morgan fingerprint density at radius 3 is 2.10 bits per heavy atom. The molecule has 17 nitrogen and oxygen atoms in total.